The maximum atomic E-state index is 13.3. The van der Waals surface area contributed by atoms with Crippen LogP contribution in [0.3, 0.4) is 0 Å². The van der Waals surface area contributed by atoms with E-state index in [0.29, 0.717) is 19.0 Å². The van der Waals surface area contributed by atoms with Crippen molar-refractivity contribution in [1.29, 1.82) is 0 Å². The number of thioether (sulfide) groups is 1. The Bertz CT molecular complexity index is 1050. The van der Waals surface area contributed by atoms with Crippen LogP contribution < -0.4 is 0 Å². The Hall–Kier alpha value is -2.22. The fourth-order valence-electron chi connectivity index (χ4n) is 4.79. The second kappa shape index (κ2) is 10.4. The number of hydrogen-bond acceptors (Lipinski definition) is 5. The summed E-state index contributed by atoms with van der Waals surface area (Å²) in [4.78, 5) is 15.4. The second-order valence-corrected chi connectivity index (χ2v) is 10.4. The van der Waals surface area contributed by atoms with Gasteiger partial charge in [-0.15, -0.1) is 0 Å². The van der Waals surface area contributed by atoms with Crippen LogP contribution in [0.5, 0.6) is 0 Å². The van der Waals surface area contributed by atoms with E-state index in [0.717, 1.165) is 47.1 Å². The van der Waals surface area contributed by atoms with Crippen molar-refractivity contribution < 1.29 is 9.53 Å². The molecular weight excluding hydrogens is 450 g/mol. The van der Waals surface area contributed by atoms with Gasteiger partial charge in [0, 0.05) is 19.5 Å². The summed E-state index contributed by atoms with van der Waals surface area (Å²) in [5.41, 5.74) is 6.15. The standard InChI is InChI=1S/C26H29N3O2S2/c30-25(18-33-26(32)28-12-14-31-15-13-28)29-24(20-7-2-1-3-8-20)17-23(27-29)22-11-10-19-6-4-5-9-21(19)16-22/h1-3,7-8,10-11,16,24H,4-6,9,12-15,17-18H2. The number of morpholine rings is 1. The van der Waals surface area contributed by atoms with Crippen molar-refractivity contribution in [2.45, 2.75) is 38.1 Å². The zero-order chi connectivity index (χ0) is 22.6. The first-order valence-electron chi connectivity index (χ1n) is 11.7. The van der Waals surface area contributed by atoms with E-state index < -0.39 is 0 Å². The van der Waals surface area contributed by atoms with Crippen LogP contribution >= 0.6 is 24.0 Å². The monoisotopic (exact) mass is 479 g/mol. The van der Waals surface area contributed by atoms with Gasteiger partial charge in [-0.2, -0.15) is 5.10 Å². The molecule has 1 saturated heterocycles. The van der Waals surface area contributed by atoms with Crippen LogP contribution in [0, 0.1) is 0 Å². The van der Waals surface area contributed by atoms with Crippen molar-refractivity contribution in [3.63, 3.8) is 0 Å². The van der Waals surface area contributed by atoms with E-state index in [2.05, 4.69) is 35.2 Å². The van der Waals surface area contributed by atoms with E-state index in [1.807, 2.05) is 18.2 Å². The molecule has 3 aliphatic rings. The van der Waals surface area contributed by atoms with Crippen LogP contribution in [0.1, 0.15) is 47.6 Å². The third-order valence-corrected chi connectivity index (χ3v) is 8.13. The molecule has 7 heteroatoms. The Balaban J connectivity index is 1.34. The predicted molar refractivity (Wildman–Crippen MR) is 138 cm³/mol. The number of amides is 1. The fraction of sp³-hybridized carbons (Fsp3) is 0.423. The molecule has 2 aromatic rings. The van der Waals surface area contributed by atoms with E-state index in [9.17, 15) is 4.79 Å². The summed E-state index contributed by atoms with van der Waals surface area (Å²) in [7, 11) is 0. The average molecular weight is 480 g/mol. The smallest absolute Gasteiger partial charge is 0.253 e. The Morgan fingerprint density at radius 3 is 2.61 bits per heavy atom. The zero-order valence-electron chi connectivity index (χ0n) is 18.7. The summed E-state index contributed by atoms with van der Waals surface area (Å²) >= 11 is 7.01. The van der Waals surface area contributed by atoms with Crippen molar-refractivity contribution >= 4 is 39.9 Å². The van der Waals surface area contributed by atoms with Crippen molar-refractivity contribution in [2.75, 3.05) is 32.1 Å². The maximum absolute atomic E-state index is 13.3. The van der Waals surface area contributed by atoms with Gasteiger partial charge in [-0.1, -0.05) is 66.4 Å². The van der Waals surface area contributed by atoms with Crippen LogP contribution in [0.25, 0.3) is 0 Å². The molecule has 33 heavy (non-hydrogen) atoms. The molecule has 5 rings (SSSR count). The number of rotatable bonds is 4. The Morgan fingerprint density at radius 2 is 1.82 bits per heavy atom. The van der Waals surface area contributed by atoms with Gasteiger partial charge in [0.2, 0.25) is 0 Å². The van der Waals surface area contributed by atoms with E-state index in [4.69, 9.17) is 22.1 Å². The number of carbonyl (C=O) groups excluding carboxylic acids is 1. The molecule has 5 nitrogen and oxygen atoms in total. The van der Waals surface area contributed by atoms with Crippen molar-refractivity contribution in [3.8, 4) is 0 Å². The first kappa shape index (κ1) is 22.6. The minimum absolute atomic E-state index is 0.00239. The molecule has 1 fully saturated rings. The second-order valence-electron chi connectivity index (χ2n) is 8.76. The molecule has 0 radical (unpaired) electrons. The van der Waals surface area contributed by atoms with E-state index in [1.54, 1.807) is 5.01 Å². The highest BCUT2D eigenvalue weighted by atomic mass is 32.2. The SMILES string of the molecule is O=C(CSC(=S)N1CCOCC1)N1N=C(c2ccc3c(c2)CCCC3)CC1c1ccccc1. The van der Waals surface area contributed by atoms with Gasteiger partial charge in [0.15, 0.2) is 0 Å². The number of carbonyl (C=O) groups is 1. The number of ether oxygens (including phenoxy) is 1. The van der Waals surface area contributed by atoms with Crippen molar-refractivity contribution in [1.82, 2.24) is 9.91 Å². The van der Waals surface area contributed by atoms with Gasteiger partial charge in [-0.05, 0) is 54.0 Å². The minimum Gasteiger partial charge on any atom is -0.378 e. The van der Waals surface area contributed by atoms with Gasteiger partial charge >= 0.3 is 0 Å². The quantitative estimate of drug-likeness (QED) is 0.600. The molecule has 0 spiro atoms. The number of aryl methyl sites for hydroxylation is 2. The maximum Gasteiger partial charge on any atom is 0.253 e. The first-order chi connectivity index (χ1) is 16.2. The number of nitrogens with zero attached hydrogens (tertiary/aromatic N) is 3. The average Bonchev–Trinajstić information content (AvgIpc) is 3.33. The highest BCUT2D eigenvalue weighted by molar-refractivity contribution is 8.23. The van der Waals surface area contributed by atoms with Crippen molar-refractivity contribution in [2.24, 2.45) is 5.10 Å². The van der Waals surface area contributed by atoms with Gasteiger partial charge in [0.1, 0.15) is 4.32 Å². The normalized spacial score (nSPS) is 20.4. The lowest BCUT2D eigenvalue weighted by atomic mass is 9.89. The highest BCUT2D eigenvalue weighted by Gasteiger charge is 2.33. The first-order valence-corrected chi connectivity index (χ1v) is 13.1. The molecular formula is C26H29N3O2S2. The summed E-state index contributed by atoms with van der Waals surface area (Å²) in [5, 5.41) is 6.56. The molecule has 1 aliphatic carbocycles. The number of hydrazone groups is 1. The van der Waals surface area contributed by atoms with Crippen LogP contribution in [-0.2, 0) is 22.4 Å². The Kier molecular flexibility index (Phi) is 7.09. The molecule has 0 aromatic heterocycles. The summed E-state index contributed by atoms with van der Waals surface area (Å²) in [6.45, 7) is 2.95. The highest BCUT2D eigenvalue weighted by Crippen LogP contribution is 2.34. The molecule has 2 heterocycles. The molecule has 2 aliphatic heterocycles. The molecule has 0 saturated carbocycles. The summed E-state index contributed by atoms with van der Waals surface area (Å²) in [6, 6.07) is 16.9. The lowest BCUT2D eigenvalue weighted by Gasteiger charge is -2.29. The molecule has 1 unspecified atom stereocenters. The van der Waals surface area contributed by atoms with Crippen LogP contribution in [-0.4, -0.2) is 57.9 Å². The molecule has 1 amide bonds. The van der Waals surface area contributed by atoms with Crippen molar-refractivity contribution in [3.05, 3.63) is 70.8 Å². The van der Waals surface area contributed by atoms with E-state index in [1.165, 1.54) is 42.2 Å². The lowest BCUT2D eigenvalue weighted by molar-refractivity contribution is -0.130. The van der Waals surface area contributed by atoms with Crippen LogP contribution in [0.2, 0.25) is 0 Å². The third kappa shape index (κ3) is 5.15. The number of fused-ring (bicyclic) bond motifs is 1. The largest absolute Gasteiger partial charge is 0.378 e. The molecule has 2 aromatic carbocycles. The van der Waals surface area contributed by atoms with Gasteiger partial charge < -0.3 is 9.64 Å². The molecule has 0 N–H and O–H groups in total. The Labute approximate surface area is 205 Å². The van der Waals surface area contributed by atoms with Gasteiger partial charge in [-0.25, -0.2) is 5.01 Å². The predicted octanol–water partition coefficient (Wildman–Crippen LogP) is 4.59. The third-order valence-electron chi connectivity index (χ3n) is 6.62. The molecule has 0 bridgehead atoms. The molecule has 1 atom stereocenters. The lowest BCUT2D eigenvalue weighted by Crippen LogP contribution is -2.39. The van der Waals surface area contributed by atoms with Crippen LogP contribution in [0.15, 0.2) is 53.6 Å². The summed E-state index contributed by atoms with van der Waals surface area (Å²) in [6.07, 6.45) is 5.56. The Morgan fingerprint density at radius 1 is 1.06 bits per heavy atom. The number of thiocarbonyl (C=S) groups is 1. The van der Waals surface area contributed by atoms with Gasteiger partial charge in [-0.3, -0.25) is 4.79 Å². The van der Waals surface area contributed by atoms with Gasteiger partial charge in [0.05, 0.1) is 30.7 Å². The summed E-state index contributed by atoms with van der Waals surface area (Å²) in [5.74, 6) is 0.290. The zero-order valence-corrected chi connectivity index (χ0v) is 20.4. The number of hydrogen-bond donors (Lipinski definition) is 0. The topological polar surface area (TPSA) is 45.1 Å². The van der Waals surface area contributed by atoms with E-state index >= 15 is 0 Å². The molecule has 172 valence electrons. The summed E-state index contributed by atoms with van der Waals surface area (Å²) < 4.78 is 6.17. The number of benzene rings is 2. The van der Waals surface area contributed by atoms with E-state index in [-0.39, 0.29) is 11.9 Å². The minimum atomic E-state index is -0.0812. The van der Waals surface area contributed by atoms with Gasteiger partial charge in [0.25, 0.3) is 5.91 Å². The van der Waals surface area contributed by atoms with Crippen LogP contribution in [0.4, 0.5) is 0 Å². The fourth-order valence-corrected chi connectivity index (χ4v) is 5.89.